The van der Waals surface area contributed by atoms with Crippen LogP contribution in [0.25, 0.3) is 0 Å². The zero-order chi connectivity index (χ0) is 30.5. The summed E-state index contributed by atoms with van der Waals surface area (Å²) in [6.45, 7) is 5.88. The number of benzene rings is 3. The second kappa shape index (κ2) is 16.1. The van der Waals surface area contributed by atoms with Crippen molar-refractivity contribution in [1.29, 1.82) is 0 Å². The van der Waals surface area contributed by atoms with Gasteiger partial charge in [0.2, 0.25) is 0 Å². The molecule has 9 heteroatoms. The summed E-state index contributed by atoms with van der Waals surface area (Å²) in [6, 6.07) is 28.0. The van der Waals surface area contributed by atoms with Crippen molar-refractivity contribution in [1.82, 2.24) is 0 Å². The first-order valence-corrected chi connectivity index (χ1v) is 14.5. The van der Waals surface area contributed by atoms with E-state index < -0.39 is 35.7 Å². The fourth-order valence-corrected chi connectivity index (χ4v) is 4.85. The van der Waals surface area contributed by atoms with E-state index in [0.29, 0.717) is 18.8 Å². The molecule has 0 aliphatic carbocycles. The van der Waals surface area contributed by atoms with E-state index in [4.69, 9.17) is 33.2 Å². The highest BCUT2D eigenvalue weighted by molar-refractivity contribution is 5.89. The Balaban J connectivity index is 1.52. The zero-order valence-corrected chi connectivity index (χ0v) is 25.1. The summed E-state index contributed by atoms with van der Waals surface area (Å²) in [5.74, 6) is -1.53. The molecule has 3 aromatic rings. The Bertz CT molecular complexity index is 1220. The van der Waals surface area contributed by atoms with E-state index in [2.05, 4.69) is 0 Å². The van der Waals surface area contributed by atoms with Gasteiger partial charge in [0, 0.05) is 0 Å². The highest BCUT2D eigenvalue weighted by Gasteiger charge is 2.54. The van der Waals surface area contributed by atoms with E-state index in [9.17, 15) is 9.90 Å². The molecule has 0 unspecified atom stereocenters. The van der Waals surface area contributed by atoms with Crippen LogP contribution in [0.3, 0.4) is 0 Å². The number of carbonyl (C=O) groups excluding carboxylic acids is 1. The second-order valence-corrected chi connectivity index (χ2v) is 10.8. The molecule has 232 valence electrons. The number of ether oxygens (including phenoxy) is 7. The van der Waals surface area contributed by atoms with Crippen LogP contribution in [0.1, 0.15) is 48.7 Å². The minimum Gasteiger partial charge on any atom is -0.453 e. The Morgan fingerprint density at radius 3 is 1.98 bits per heavy atom. The van der Waals surface area contributed by atoms with E-state index in [1.807, 2.05) is 66.7 Å². The van der Waals surface area contributed by atoms with Crippen molar-refractivity contribution in [3.8, 4) is 0 Å². The summed E-state index contributed by atoms with van der Waals surface area (Å²) in [5.41, 5.74) is 0.630. The molecule has 0 amide bonds. The van der Waals surface area contributed by atoms with Crippen LogP contribution in [0, 0.1) is 0 Å². The first-order chi connectivity index (χ1) is 20.8. The number of hydrogen-bond acceptors (Lipinski definition) is 9. The van der Waals surface area contributed by atoms with E-state index in [-0.39, 0.29) is 33.2 Å². The molecule has 4 atom stereocenters. The molecule has 1 heterocycles. The largest absolute Gasteiger partial charge is 0.453 e. The van der Waals surface area contributed by atoms with E-state index in [1.54, 1.807) is 45.0 Å². The van der Waals surface area contributed by atoms with Gasteiger partial charge < -0.3 is 38.3 Å². The Kier molecular flexibility index (Phi) is 12.2. The lowest BCUT2D eigenvalue weighted by Gasteiger charge is -2.42. The van der Waals surface area contributed by atoms with Gasteiger partial charge in [-0.15, -0.1) is 0 Å². The summed E-state index contributed by atoms with van der Waals surface area (Å²) in [5, 5.41) is 12.2. The highest BCUT2D eigenvalue weighted by atomic mass is 16.8. The molecule has 1 aliphatic rings. The van der Waals surface area contributed by atoms with Crippen LogP contribution in [0.15, 0.2) is 91.0 Å². The minimum atomic E-state index is -1.68. The fraction of sp³-hybridized carbons (Fsp3) is 0.441. The van der Waals surface area contributed by atoms with Crippen LogP contribution in [-0.4, -0.2) is 67.6 Å². The molecule has 0 aromatic heterocycles. The van der Waals surface area contributed by atoms with Gasteiger partial charge >= 0.3 is 5.97 Å². The van der Waals surface area contributed by atoms with Gasteiger partial charge in [-0.1, -0.05) is 85.8 Å². The lowest BCUT2D eigenvalue weighted by Crippen LogP contribution is -2.60. The monoisotopic (exact) mass is 594 g/mol. The first kappa shape index (κ1) is 32.8. The van der Waals surface area contributed by atoms with Crippen LogP contribution in [0.5, 0.6) is 0 Å². The maximum absolute atomic E-state index is 13.4. The number of aliphatic hydroxyl groups is 1. The Morgan fingerprint density at radius 1 is 0.884 bits per heavy atom. The maximum Gasteiger partial charge on any atom is 0.338 e. The van der Waals surface area contributed by atoms with E-state index >= 15 is 0 Å². The molecular weight excluding hydrogens is 552 g/mol. The molecule has 9 nitrogen and oxygen atoms in total. The second-order valence-electron chi connectivity index (χ2n) is 10.8. The van der Waals surface area contributed by atoms with Crippen LogP contribution in [0.4, 0.5) is 0 Å². The Labute approximate surface area is 253 Å². The Hall–Kier alpha value is -3.15. The average molecular weight is 595 g/mol. The smallest absolute Gasteiger partial charge is 0.338 e. The third-order valence-corrected chi connectivity index (χ3v) is 7.24. The van der Waals surface area contributed by atoms with Crippen molar-refractivity contribution in [2.75, 3.05) is 26.8 Å². The molecule has 0 spiro atoms. The summed E-state index contributed by atoms with van der Waals surface area (Å²) in [4.78, 5) is 13.4. The minimum absolute atomic E-state index is 0.0421. The molecule has 0 radical (unpaired) electrons. The molecule has 1 saturated heterocycles. The number of esters is 1. The predicted octanol–water partition coefficient (Wildman–Crippen LogP) is 5.26. The lowest BCUT2D eigenvalue weighted by molar-refractivity contribution is -0.235. The van der Waals surface area contributed by atoms with Crippen molar-refractivity contribution in [3.63, 3.8) is 0 Å². The summed E-state index contributed by atoms with van der Waals surface area (Å²) < 4.78 is 41.4. The van der Waals surface area contributed by atoms with Crippen LogP contribution >= 0.6 is 0 Å². The van der Waals surface area contributed by atoms with Gasteiger partial charge in [-0.25, -0.2) is 4.79 Å². The summed E-state index contributed by atoms with van der Waals surface area (Å²) in [6.07, 6.45) is -2.77. The molecule has 1 fully saturated rings. The molecular formula is C34H42O9. The molecule has 43 heavy (non-hydrogen) atoms. The zero-order valence-electron chi connectivity index (χ0n) is 25.1. The molecule has 0 saturated carbocycles. The van der Waals surface area contributed by atoms with E-state index in [0.717, 1.165) is 11.1 Å². The van der Waals surface area contributed by atoms with Crippen molar-refractivity contribution in [3.05, 3.63) is 108 Å². The highest BCUT2D eigenvalue weighted by Crippen LogP contribution is 2.36. The topological polar surface area (TPSA) is 102 Å². The van der Waals surface area contributed by atoms with Crippen molar-refractivity contribution >= 4 is 5.97 Å². The molecule has 0 bridgehead atoms. The normalized spacial score (nSPS) is 18.9. The molecule has 1 aliphatic heterocycles. The van der Waals surface area contributed by atoms with Gasteiger partial charge in [-0.2, -0.15) is 0 Å². The van der Waals surface area contributed by atoms with E-state index in [1.165, 1.54) is 0 Å². The number of rotatable bonds is 17. The molecule has 4 rings (SSSR count). The molecule has 1 N–H and O–H groups in total. The van der Waals surface area contributed by atoms with Crippen LogP contribution < -0.4 is 0 Å². The number of hydrogen-bond donors (Lipinski definition) is 1. The standard InChI is InChI=1S/C34H42O9/c1-4-34(36,30-23-41-33(2,3)43-30)31(42-32(35)28-18-12-7-13-19-28)29(40-25-38-21-27-16-10-6-11-17-27)22-39-24-37-20-26-14-8-5-9-15-26/h5-19,29-31,36H,4,20-25H2,1-3H3/t29-,30-,31-,34-/m1/s1. The average Bonchev–Trinajstić information content (AvgIpc) is 3.41. The van der Waals surface area contributed by atoms with Gasteiger partial charge in [0.1, 0.15) is 31.4 Å². The van der Waals surface area contributed by atoms with Crippen LogP contribution in [-0.2, 0) is 46.4 Å². The first-order valence-electron chi connectivity index (χ1n) is 14.5. The Morgan fingerprint density at radius 2 is 1.44 bits per heavy atom. The fourth-order valence-electron chi connectivity index (χ4n) is 4.85. The van der Waals surface area contributed by atoms with Crippen molar-refractivity contribution in [2.24, 2.45) is 0 Å². The van der Waals surface area contributed by atoms with Crippen LogP contribution in [0.2, 0.25) is 0 Å². The summed E-state index contributed by atoms with van der Waals surface area (Å²) in [7, 11) is 0. The number of carbonyl (C=O) groups is 1. The predicted molar refractivity (Wildman–Crippen MR) is 159 cm³/mol. The van der Waals surface area contributed by atoms with Gasteiger partial charge in [0.05, 0.1) is 32.0 Å². The third kappa shape index (κ3) is 9.67. The molecule has 3 aromatic carbocycles. The SMILES string of the molecule is CC[C@](O)([C@H](OC(=O)c1ccccc1)[C@@H](COCOCc1ccccc1)OCOCc1ccccc1)[C@H]1COC(C)(C)O1. The third-order valence-electron chi connectivity index (χ3n) is 7.24. The van der Waals surface area contributed by atoms with Gasteiger partial charge in [0.15, 0.2) is 11.9 Å². The summed E-state index contributed by atoms with van der Waals surface area (Å²) >= 11 is 0. The lowest BCUT2D eigenvalue weighted by atomic mass is 9.84. The van der Waals surface area contributed by atoms with Gasteiger partial charge in [-0.3, -0.25) is 0 Å². The van der Waals surface area contributed by atoms with Gasteiger partial charge in [-0.05, 0) is 43.5 Å². The van der Waals surface area contributed by atoms with Gasteiger partial charge in [0.25, 0.3) is 0 Å². The quantitative estimate of drug-likeness (QED) is 0.127. The van der Waals surface area contributed by atoms with Crippen molar-refractivity contribution in [2.45, 2.75) is 70.1 Å². The maximum atomic E-state index is 13.4. The van der Waals surface area contributed by atoms with Crippen molar-refractivity contribution < 1.29 is 43.1 Å².